The minimum atomic E-state index is -0.552. The number of methoxy groups -OCH3 is 1. The molecule has 2 heterocycles. The van der Waals surface area contributed by atoms with E-state index in [1.807, 2.05) is 0 Å². The molecule has 0 saturated carbocycles. The molecule has 0 spiro atoms. The third kappa shape index (κ3) is 3.28. The summed E-state index contributed by atoms with van der Waals surface area (Å²) in [6.07, 6.45) is 5.34. The van der Waals surface area contributed by atoms with E-state index in [-0.39, 0.29) is 5.91 Å². The smallest absolute Gasteiger partial charge is 0.412 e. The molecule has 2 amide bonds. The molecule has 7 nitrogen and oxygen atoms in total. The number of hydrogen-bond donors (Lipinski definition) is 1. The molecule has 0 radical (unpaired) electrons. The number of carbonyl (C=O) groups is 2. The molecule has 1 atom stereocenters. The number of anilines is 1. The number of hydrogen-bond acceptors (Lipinski definition) is 4. The van der Waals surface area contributed by atoms with E-state index < -0.39 is 6.09 Å². The lowest BCUT2D eigenvalue weighted by atomic mass is 10.0. The van der Waals surface area contributed by atoms with Crippen molar-refractivity contribution in [2.24, 2.45) is 5.92 Å². The van der Waals surface area contributed by atoms with E-state index in [0.29, 0.717) is 24.8 Å². The fourth-order valence-electron chi connectivity index (χ4n) is 2.47. The van der Waals surface area contributed by atoms with Crippen molar-refractivity contribution < 1.29 is 14.3 Å². The number of aromatic nitrogens is 2. The van der Waals surface area contributed by atoms with Crippen LogP contribution in [0.1, 0.15) is 26.2 Å². The van der Waals surface area contributed by atoms with Gasteiger partial charge in [0.05, 0.1) is 19.6 Å². The molecular formula is C13H20N4O3. The molecule has 2 rings (SSSR count). The molecule has 0 bridgehead atoms. The van der Waals surface area contributed by atoms with E-state index in [9.17, 15) is 9.59 Å². The molecule has 7 heteroatoms. The SMILES string of the molecule is CCCC1CC(=O)N(Cn2cncc2NC(=O)OC)C1. The molecule has 1 N–H and O–H groups in total. The van der Waals surface area contributed by atoms with Gasteiger partial charge in [0.1, 0.15) is 12.5 Å². The van der Waals surface area contributed by atoms with Crippen LogP contribution in [0.25, 0.3) is 0 Å². The molecule has 1 aromatic rings. The quantitative estimate of drug-likeness (QED) is 0.890. The first-order chi connectivity index (χ1) is 9.63. The average Bonchev–Trinajstić information content (AvgIpc) is 2.98. The summed E-state index contributed by atoms with van der Waals surface area (Å²) in [6.45, 7) is 3.29. The maximum Gasteiger partial charge on any atom is 0.412 e. The highest BCUT2D eigenvalue weighted by Gasteiger charge is 2.29. The molecule has 1 saturated heterocycles. The zero-order chi connectivity index (χ0) is 14.5. The molecular weight excluding hydrogens is 260 g/mol. The summed E-state index contributed by atoms with van der Waals surface area (Å²) in [6, 6.07) is 0. The molecule has 1 fully saturated rings. The Hall–Kier alpha value is -2.05. The number of nitrogens with zero attached hydrogens (tertiary/aromatic N) is 3. The Morgan fingerprint density at radius 2 is 2.40 bits per heavy atom. The van der Waals surface area contributed by atoms with E-state index in [0.717, 1.165) is 19.4 Å². The summed E-state index contributed by atoms with van der Waals surface area (Å²) >= 11 is 0. The predicted molar refractivity (Wildman–Crippen MR) is 73.0 cm³/mol. The van der Waals surface area contributed by atoms with Crippen LogP contribution in [0.4, 0.5) is 10.6 Å². The number of carbonyl (C=O) groups excluding carboxylic acids is 2. The fourth-order valence-corrected chi connectivity index (χ4v) is 2.47. The van der Waals surface area contributed by atoms with Crippen LogP contribution in [0.5, 0.6) is 0 Å². The van der Waals surface area contributed by atoms with Gasteiger partial charge in [0.2, 0.25) is 5.91 Å². The lowest BCUT2D eigenvalue weighted by Gasteiger charge is -2.18. The van der Waals surface area contributed by atoms with Crippen molar-refractivity contribution in [3.63, 3.8) is 0 Å². The second-order valence-electron chi connectivity index (χ2n) is 4.98. The third-order valence-electron chi connectivity index (χ3n) is 3.44. The lowest BCUT2D eigenvalue weighted by Crippen LogP contribution is -2.28. The number of amides is 2. The van der Waals surface area contributed by atoms with Crippen LogP contribution in [0, 0.1) is 5.92 Å². The molecule has 1 aliphatic heterocycles. The van der Waals surface area contributed by atoms with Crippen LogP contribution in [0.2, 0.25) is 0 Å². The summed E-state index contributed by atoms with van der Waals surface area (Å²) in [5, 5.41) is 2.57. The minimum Gasteiger partial charge on any atom is -0.453 e. The first-order valence-corrected chi connectivity index (χ1v) is 6.77. The summed E-state index contributed by atoms with van der Waals surface area (Å²) in [7, 11) is 1.30. The molecule has 110 valence electrons. The van der Waals surface area contributed by atoms with E-state index in [1.54, 1.807) is 15.8 Å². The molecule has 0 aliphatic carbocycles. The van der Waals surface area contributed by atoms with Crippen molar-refractivity contribution in [2.75, 3.05) is 19.0 Å². The molecule has 0 aromatic carbocycles. The van der Waals surface area contributed by atoms with Crippen molar-refractivity contribution >= 4 is 17.8 Å². The van der Waals surface area contributed by atoms with Gasteiger partial charge in [-0.05, 0) is 12.3 Å². The minimum absolute atomic E-state index is 0.154. The van der Waals surface area contributed by atoms with E-state index in [2.05, 4.69) is 22.0 Å². The number of nitrogens with one attached hydrogen (secondary N) is 1. The highest BCUT2D eigenvalue weighted by atomic mass is 16.5. The Bertz CT molecular complexity index is 486. The van der Waals surface area contributed by atoms with Crippen molar-refractivity contribution in [3.8, 4) is 0 Å². The predicted octanol–water partition coefficient (Wildman–Crippen LogP) is 1.67. The Kier molecular flexibility index (Phi) is 4.60. The van der Waals surface area contributed by atoms with Crippen molar-refractivity contribution in [2.45, 2.75) is 32.9 Å². The van der Waals surface area contributed by atoms with Crippen LogP contribution >= 0.6 is 0 Å². The van der Waals surface area contributed by atoms with Gasteiger partial charge in [0.15, 0.2) is 0 Å². The first-order valence-electron chi connectivity index (χ1n) is 6.77. The zero-order valence-electron chi connectivity index (χ0n) is 11.8. The molecule has 1 unspecified atom stereocenters. The Balaban J connectivity index is 1.98. The lowest BCUT2D eigenvalue weighted by molar-refractivity contribution is -0.129. The topological polar surface area (TPSA) is 76.5 Å². The van der Waals surface area contributed by atoms with Crippen LogP contribution in [0.15, 0.2) is 12.5 Å². The average molecular weight is 280 g/mol. The Morgan fingerprint density at radius 1 is 1.60 bits per heavy atom. The van der Waals surface area contributed by atoms with Gasteiger partial charge in [-0.1, -0.05) is 13.3 Å². The second kappa shape index (κ2) is 6.40. The highest BCUT2D eigenvalue weighted by Crippen LogP contribution is 2.23. The number of rotatable bonds is 5. The Labute approximate surface area is 117 Å². The van der Waals surface area contributed by atoms with Crippen LogP contribution in [-0.2, 0) is 16.2 Å². The first kappa shape index (κ1) is 14.4. The van der Waals surface area contributed by atoms with Gasteiger partial charge in [-0.15, -0.1) is 0 Å². The normalized spacial score (nSPS) is 18.4. The summed E-state index contributed by atoms with van der Waals surface area (Å²) in [4.78, 5) is 29.0. The van der Waals surface area contributed by atoms with Gasteiger partial charge >= 0.3 is 6.09 Å². The van der Waals surface area contributed by atoms with Crippen LogP contribution in [0.3, 0.4) is 0 Å². The maximum absolute atomic E-state index is 12.0. The monoisotopic (exact) mass is 280 g/mol. The summed E-state index contributed by atoms with van der Waals surface area (Å²) in [5.41, 5.74) is 0. The largest absolute Gasteiger partial charge is 0.453 e. The van der Waals surface area contributed by atoms with E-state index >= 15 is 0 Å². The van der Waals surface area contributed by atoms with E-state index in [1.165, 1.54) is 13.3 Å². The van der Waals surface area contributed by atoms with Gasteiger partial charge in [-0.2, -0.15) is 0 Å². The number of ether oxygens (including phenoxy) is 1. The summed E-state index contributed by atoms with van der Waals surface area (Å²) < 4.78 is 6.27. The zero-order valence-corrected chi connectivity index (χ0v) is 11.8. The van der Waals surface area contributed by atoms with Gasteiger partial charge in [0, 0.05) is 13.0 Å². The number of imidazole rings is 1. The number of likely N-dealkylation sites (tertiary alicyclic amines) is 1. The van der Waals surface area contributed by atoms with Crippen molar-refractivity contribution in [3.05, 3.63) is 12.5 Å². The van der Waals surface area contributed by atoms with Crippen molar-refractivity contribution in [1.82, 2.24) is 14.5 Å². The third-order valence-corrected chi connectivity index (χ3v) is 3.44. The maximum atomic E-state index is 12.0. The van der Waals surface area contributed by atoms with Crippen LogP contribution < -0.4 is 5.32 Å². The molecule has 1 aromatic heterocycles. The van der Waals surface area contributed by atoms with Gasteiger partial charge < -0.3 is 9.64 Å². The van der Waals surface area contributed by atoms with E-state index in [4.69, 9.17) is 0 Å². The van der Waals surface area contributed by atoms with Crippen LogP contribution in [-0.4, -0.2) is 40.1 Å². The van der Waals surface area contributed by atoms with Gasteiger partial charge in [-0.3, -0.25) is 14.7 Å². The van der Waals surface area contributed by atoms with Crippen molar-refractivity contribution in [1.29, 1.82) is 0 Å². The summed E-state index contributed by atoms with van der Waals surface area (Å²) in [5.74, 6) is 1.11. The molecule has 1 aliphatic rings. The van der Waals surface area contributed by atoms with Gasteiger partial charge in [-0.25, -0.2) is 9.78 Å². The second-order valence-corrected chi connectivity index (χ2v) is 4.98. The standard InChI is InChI=1S/C13H20N4O3/c1-3-4-10-5-12(18)16(7-10)9-17-8-14-6-11(17)15-13(19)20-2/h6,8,10H,3-5,7,9H2,1-2H3,(H,15,19). The molecule has 20 heavy (non-hydrogen) atoms. The van der Waals surface area contributed by atoms with Gasteiger partial charge in [0.25, 0.3) is 0 Å². The Morgan fingerprint density at radius 3 is 3.10 bits per heavy atom. The highest BCUT2D eigenvalue weighted by molar-refractivity contribution is 5.83. The fraction of sp³-hybridized carbons (Fsp3) is 0.615.